The van der Waals surface area contributed by atoms with Crippen molar-refractivity contribution in [1.82, 2.24) is 20.1 Å². The number of fused-ring (bicyclic) bond motifs is 1. The highest BCUT2D eigenvalue weighted by molar-refractivity contribution is 6.35. The summed E-state index contributed by atoms with van der Waals surface area (Å²) in [4.78, 5) is 13.3. The fraction of sp³-hybridized carbons (Fsp3) is 0.375. The number of piperazine rings is 1. The van der Waals surface area contributed by atoms with E-state index in [1.54, 1.807) is 4.90 Å². The molecule has 172 valence electrons. The number of aromatic nitrogens is 1. The van der Waals surface area contributed by atoms with Crippen molar-refractivity contribution in [1.29, 1.82) is 0 Å². The van der Waals surface area contributed by atoms with E-state index in [0.29, 0.717) is 18.3 Å². The van der Waals surface area contributed by atoms with Gasteiger partial charge in [0.15, 0.2) is 6.67 Å². The summed E-state index contributed by atoms with van der Waals surface area (Å²) >= 11 is 0. The Hall–Kier alpha value is -3.11. The number of nitrogens with zero attached hydrogens (tertiary/aromatic N) is 6. The zero-order chi connectivity index (χ0) is 23.2. The molecule has 0 saturated carbocycles. The predicted octanol–water partition coefficient (Wildman–Crippen LogP) is 1.70. The predicted molar refractivity (Wildman–Crippen MR) is 131 cm³/mol. The molecule has 4 heterocycles. The van der Waals surface area contributed by atoms with Gasteiger partial charge in [0.05, 0.1) is 17.3 Å². The number of pyridine rings is 1. The lowest BCUT2D eigenvalue weighted by Crippen LogP contribution is -2.57. The first-order valence-electron chi connectivity index (χ1n) is 11.3. The van der Waals surface area contributed by atoms with Gasteiger partial charge in [0.2, 0.25) is 11.8 Å². The van der Waals surface area contributed by atoms with Crippen LogP contribution in [-0.2, 0) is 0 Å². The summed E-state index contributed by atoms with van der Waals surface area (Å²) in [5.74, 6) is 0.873. The third-order valence-electron chi connectivity index (χ3n) is 6.42. The Kier molecular flexibility index (Phi) is 5.49. The Morgan fingerprint density at radius 2 is 1.88 bits per heavy atom. The lowest BCUT2D eigenvalue weighted by molar-refractivity contribution is -0.889. The van der Waals surface area contributed by atoms with Gasteiger partial charge in [0.1, 0.15) is 6.54 Å². The molecule has 9 nitrogen and oxygen atoms in total. The fourth-order valence-corrected chi connectivity index (χ4v) is 4.79. The van der Waals surface area contributed by atoms with Gasteiger partial charge in [-0.05, 0) is 38.6 Å². The summed E-state index contributed by atoms with van der Waals surface area (Å²) < 4.78 is -0.711. The van der Waals surface area contributed by atoms with Crippen molar-refractivity contribution in [3.63, 3.8) is 0 Å². The van der Waals surface area contributed by atoms with Gasteiger partial charge in [-0.15, -0.1) is 0 Å². The van der Waals surface area contributed by atoms with Crippen molar-refractivity contribution in [2.45, 2.75) is 19.9 Å². The number of hydrogen-bond donors (Lipinski definition) is 2. The van der Waals surface area contributed by atoms with Crippen molar-refractivity contribution >= 4 is 23.1 Å². The van der Waals surface area contributed by atoms with Crippen LogP contribution >= 0.6 is 0 Å². The second-order valence-corrected chi connectivity index (χ2v) is 9.06. The Balaban J connectivity index is 1.64. The van der Waals surface area contributed by atoms with Gasteiger partial charge in [0, 0.05) is 36.6 Å². The molecule has 1 fully saturated rings. The van der Waals surface area contributed by atoms with Gasteiger partial charge in [-0.25, -0.2) is 14.6 Å². The first-order chi connectivity index (χ1) is 15.8. The maximum Gasteiger partial charge on any atom is 0.207 e. The summed E-state index contributed by atoms with van der Waals surface area (Å²) in [5, 5.41) is 22.0. The Morgan fingerprint density at radius 3 is 2.58 bits per heavy atom. The smallest absolute Gasteiger partial charge is 0.207 e. The van der Waals surface area contributed by atoms with Gasteiger partial charge in [-0.3, -0.25) is 9.88 Å². The number of nitrogens with two attached hydrogens (primary N) is 1. The van der Waals surface area contributed by atoms with E-state index in [1.165, 1.54) is 0 Å². The number of guanidine groups is 1. The Morgan fingerprint density at radius 1 is 1.15 bits per heavy atom. The second-order valence-electron chi connectivity index (χ2n) is 9.06. The van der Waals surface area contributed by atoms with E-state index < -0.39 is 4.76 Å². The summed E-state index contributed by atoms with van der Waals surface area (Å²) in [6.45, 7) is 7.01. The van der Waals surface area contributed by atoms with Crippen LogP contribution in [0.15, 0.2) is 52.6 Å². The fourth-order valence-electron chi connectivity index (χ4n) is 4.79. The molecule has 0 bridgehead atoms. The molecule has 1 aromatic carbocycles. The van der Waals surface area contributed by atoms with Crippen molar-refractivity contribution in [2.24, 2.45) is 15.8 Å². The maximum absolute atomic E-state index is 13.9. The molecule has 0 amide bonds. The minimum atomic E-state index is -0.711. The van der Waals surface area contributed by atoms with Gasteiger partial charge in [0.25, 0.3) is 0 Å². The van der Waals surface area contributed by atoms with Crippen LogP contribution in [-0.4, -0.2) is 77.3 Å². The number of hydrogen-bond acceptors (Lipinski definition) is 8. The Labute approximate surface area is 194 Å². The third-order valence-corrected chi connectivity index (χ3v) is 6.42. The number of nitrogens with one attached hydrogen (secondary N) is 1. The maximum atomic E-state index is 13.9. The van der Waals surface area contributed by atoms with Gasteiger partial charge in [-0.2, -0.15) is 0 Å². The molecule has 1 aromatic heterocycles. The van der Waals surface area contributed by atoms with E-state index in [-0.39, 0.29) is 12.7 Å². The van der Waals surface area contributed by atoms with E-state index in [4.69, 9.17) is 15.8 Å². The van der Waals surface area contributed by atoms with Crippen LogP contribution in [0, 0.1) is 19.1 Å². The normalized spacial score (nSPS) is 25.7. The monoisotopic (exact) mass is 446 g/mol. The van der Waals surface area contributed by atoms with E-state index in [0.717, 1.165) is 53.4 Å². The first kappa shape index (κ1) is 21.7. The molecule has 2 aromatic rings. The van der Waals surface area contributed by atoms with Gasteiger partial charge < -0.3 is 16.3 Å². The molecule has 1 saturated heterocycles. The van der Waals surface area contributed by atoms with E-state index in [1.807, 2.05) is 56.3 Å². The minimum absolute atomic E-state index is 0.103. The van der Waals surface area contributed by atoms with Crippen molar-refractivity contribution in [2.75, 3.05) is 39.9 Å². The Bertz CT molecular complexity index is 1140. The van der Waals surface area contributed by atoms with Gasteiger partial charge >= 0.3 is 0 Å². The second kappa shape index (κ2) is 8.35. The number of hydroxylamine groups is 2. The topological polar surface area (TPSA) is 105 Å². The number of quaternary nitrogens is 1. The molecular weight excluding hydrogens is 416 g/mol. The van der Waals surface area contributed by atoms with Crippen molar-refractivity contribution in [3.05, 3.63) is 70.2 Å². The van der Waals surface area contributed by atoms with Gasteiger partial charge in [-0.1, -0.05) is 35.4 Å². The molecule has 0 radical (unpaired) electrons. The summed E-state index contributed by atoms with van der Waals surface area (Å²) in [7, 11) is 2.06. The molecule has 3 aliphatic heterocycles. The number of aryl methyl sites for hydroxylation is 2. The molecule has 1 unspecified atom stereocenters. The molecule has 3 N–H and O–H groups in total. The molecule has 9 heteroatoms. The summed E-state index contributed by atoms with van der Waals surface area (Å²) in [5.41, 5.74) is 11.6. The van der Waals surface area contributed by atoms with Crippen LogP contribution in [0.3, 0.4) is 0 Å². The lowest BCUT2D eigenvalue weighted by Gasteiger charge is -2.40. The SMILES string of the molecule is Cc1cc(C2=C(c3ccccc3)N=C(N)N3C[N+]([O-])(C[C@H]4CNCCN4C)N=C23)cc(C)n1. The molecule has 0 aliphatic carbocycles. The van der Waals surface area contributed by atoms with Crippen molar-refractivity contribution in [3.8, 4) is 0 Å². The number of likely N-dealkylation sites (N-methyl/N-ethyl adjacent to an activating group) is 1. The molecular formula is C24H30N8O. The highest BCUT2D eigenvalue weighted by Crippen LogP contribution is 2.37. The molecule has 33 heavy (non-hydrogen) atoms. The van der Waals surface area contributed by atoms with Crippen molar-refractivity contribution < 1.29 is 4.76 Å². The number of rotatable bonds is 4. The minimum Gasteiger partial charge on any atom is -0.603 e. The quantitative estimate of drug-likeness (QED) is 0.547. The molecule has 3 aliphatic rings. The molecule has 0 spiro atoms. The zero-order valence-corrected chi connectivity index (χ0v) is 19.3. The van der Waals surface area contributed by atoms with Crippen LogP contribution in [0.2, 0.25) is 0 Å². The number of benzene rings is 1. The highest BCUT2D eigenvalue weighted by atomic mass is 16.6. The van der Waals surface area contributed by atoms with Crippen LogP contribution < -0.4 is 11.1 Å². The largest absolute Gasteiger partial charge is 0.603 e. The standard InChI is InChI=1S/C24H30N8O/c1-16-11-19(12-17(2)27-16)21-22(18-7-5-4-6-8-18)28-24(25)31-15-32(33,29-23(21)31)14-20-13-26-9-10-30(20)3/h4-8,11-12,20,26H,9-10,13-15H2,1-3H3,(H2,25,28)/t20-,32?/m1/s1. The third kappa shape index (κ3) is 4.16. The average Bonchev–Trinajstić information content (AvgIpc) is 3.13. The zero-order valence-electron chi connectivity index (χ0n) is 19.3. The lowest BCUT2D eigenvalue weighted by atomic mass is 9.96. The van der Waals surface area contributed by atoms with Crippen LogP contribution in [0.1, 0.15) is 22.5 Å². The highest BCUT2D eigenvalue weighted by Gasteiger charge is 2.42. The van der Waals surface area contributed by atoms with Crippen LogP contribution in [0.4, 0.5) is 0 Å². The number of aliphatic imine (C=N–C) groups is 1. The van der Waals surface area contributed by atoms with Crippen LogP contribution in [0.5, 0.6) is 0 Å². The summed E-state index contributed by atoms with van der Waals surface area (Å²) in [6.07, 6.45) is 0. The number of amidine groups is 1. The first-order valence-corrected chi connectivity index (χ1v) is 11.3. The average molecular weight is 447 g/mol. The van der Waals surface area contributed by atoms with E-state index in [2.05, 4.69) is 22.2 Å². The molecule has 2 atom stereocenters. The molecule has 5 rings (SSSR count). The van der Waals surface area contributed by atoms with Crippen LogP contribution in [0.25, 0.3) is 11.3 Å². The van der Waals surface area contributed by atoms with E-state index >= 15 is 0 Å². The summed E-state index contributed by atoms with van der Waals surface area (Å²) in [6, 6.07) is 14.0. The van der Waals surface area contributed by atoms with E-state index in [9.17, 15) is 5.21 Å².